The highest BCUT2D eigenvalue weighted by Gasteiger charge is 2.08. The molecule has 0 radical (unpaired) electrons. The summed E-state index contributed by atoms with van der Waals surface area (Å²) in [6.07, 6.45) is 0. The lowest BCUT2D eigenvalue weighted by Gasteiger charge is -2.08. The van der Waals surface area contributed by atoms with Gasteiger partial charge >= 0.3 is 0 Å². The van der Waals surface area contributed by atoms with E-state index in [1.54, 1.807) is 0 Å². The van der Waals surface area contributed by atoms with Crippen LogP contribution in [-0.4, -0.2) is 11.1 Å². The van der Waals surface area contributed by atoms with Crippen LogP contribution in [0.1, 0.15) is 0 Å². The summed E-state index contributed by atoms with van der Waals surface area (Å²) in [4.78, 5) is 9.75. The summed E-state index contributed by atoms with van der Waals surface area (Å²) in [6.45, 7) is 0. The van der Waals surface area contributed by atoms with E-state index in [1.807, 2.05) is 0 Å². The van der Waals surface area contributed by atoms with E-state index in [0.29, 0.717) is 0 Å². The normalized spacial score (nSPS) is 20.4. The summed E-state index contributed by atoms with van der Waals surface area (Å²) in [5.41, 5.74) is 0. The Labute approximate surface area is 33.9 Å². The molecule has 1 fully saturated rings. The van der Waals surface area contributed by atoms with Crippen molar-refractivity contribution in [1.29, 1.82) is 0 Å². The summed E-state index contributed by atoms with van der Waals surface area (Å²) in [5.74, 6) is 0.804. The molecule has 0 aromatic rings. The van der Waals surface area contributed by atoms with Crippen LogP contribution < -0.4 is 5.32 Å². The lowest BCUT2D eigenvalue weighted by molar-refractivity contribution is 0.259. The van der Waals surface area contributed by atoms with Crippen LogP contribution in [0, 0.1) is 0 Å². The molecule has 0 aromatic carbocycles. The molecule has 5 heavy (non-hydrogen) atoms. The fourth-order valence-electron chi connectivity index (χ4n) is 0.131. The van der Waals surface area contributed by atoms with Crippen molar-refractivity contribution in [2.24, 2.45) is 0 Å². The molecule has 2 nitrogen and oxygen atoms in total. The number of carbonyl (C=O) groups excluding carboxylic acids is 1. The van der Waals surface area contributed by atoms with Gasteiger partial charge in [-0.25, -0.2) is 0 Å². The maximum absolute atomic E-state index is 9.75. The molecule has 0 saturated carbocycles. The second-order valence-corrected chi connectivity index (χ2v) is 1.70. The minimum Gasteiger partial charge on any atom is -0.337 e. The van der Waals surface area contributed by atoms with Gasteiger partial charge in [-0.15, -0.1) is 0 Å². The van der Waals surface area contributed by atoms with Crippen LogP contribution >= 0.6 is 11.8 Å². The van der Waals surface area contributed by atoms with Crippen molar-refractivity contribution in [2.45, 2.75) is 0 Å². The van der Waals surface area contributed by atoms with E-state index in [0.717, 1.165) is 5.88 Å². The van der Waals surface area contributed by atoms with E-state index in [2.05, 4.69) is 5.32 Å². The maximum atomic E-state index is 9.75. The monoisotopic (exact) mass is 89.0 g/mol. The number of hydrogen-bond acceptors (Lipinski definition) is 2. The van der Waals surface area contributed by atoms with Gasteiger partial charge in [-0.05, 0) is 11.8 Å². The summed E-state index contributed by atoms with van der Waals surface area (Å²) < 4.78 is 0. The van der Waals surface area contributed by atoms with E-state index >= 15 is 0 Å². The largest absolute Gasteiger partial charge is 0.337 e. The molecule has 0 bridgehead atoms. The van der Waals surface area contributed by atoms with Crippen LogP contribution in [0.5, 0.6) is 0 Å². The molecular formula is C2H3NOS. The molecule has 1 saturated heterocycles. The zero-order chi connectivity index (χ0) is 3.70. The molecule has 1 amide bonds. The van der Waals surface area contributed by atoms with Gasteiger partial charge in [0.15, 0.2) is 0 Å². The first-order chi connectivity index (χ1) is 2.39. The smallest absolute Gasteiger partial charge is 0.281 e. The summed E-state index contributed by atoms with van der Waals surface area (Å²) in [6, 6.07) is 0. The van der Waals surface area contributed by atoms with Crippen LogP contribution in [0.15, 0.2) is 0 Å². The molecule has 1 rings (SSSR count). The number of hydrogen-bond donors (Lipinski definition) is 1. The van der Waals surface area contributed by atoms with Crippen LogP contribution in [0.2, 0.25) is 0 Å². The Bertz CT molecular complexity index is 56.7. The van der Waals surface area contributed by atoms with Crippen molar-refractivity contribution in [1.82, 2.24) is 5.32 Å². The molecule has 1 aliphatic rings. The quantitative estimate of drug-likeness (QED) is 0.465. The molecule has 1 aliphatic heterocycles. The number of nitrogens with one attached hydrogen (secondary N) is 1. The Morgan fingerprint density at radius 3 is 2.40 bits per heavy atom. The molecule has 1 N–H and O–H groups in total. The number of amides is 1. The number of carbonyl (C=O) groups is 1. The highest BCUT2D eigenvalue weighted by atomic mass is 32.2. The Kier molecular flexibility index (Phi) is 0.543. The maximum Gasteiger partial charge on any atom is 0.281 e. The minimum absolute atomic E-state index is 0.102. The molecule has 28 valence electrons. The summed E-state index contributed by atoms with van der Waals surface area (Å²) in [5, 5.41) is 2.63. The molecule has 0 unspecified atom stereocenters. The van der Waals surface area contributed by atoms with Gasteiger partial charge < -0.3 is 5.32 Å². The van der Waals surface area contributed by atoms with Gasteiger partial charge in [-0.2, -0.15) is 0 Å². The molecule has 0 aliphatic carbocycles. The first-order valence-electron chi connectivity index (χ1n) is 1.30. The standard InChI is InChI=1S/C2H3NOS/c4-2-3-1-5-2/h1H2,(H,3,4). The van der Waals surface area contributed by atoms with Crippen LogP contribution in [-0.2, 0) is 0 Å². The third kappa shape index (κ3) is 0.374. The van der Waals surface area contributed by atoms with Crippen molar-refractivity contribution in [3.05, 3.63) is 0 Å². The molecule has 1 heterocycles. The number of thioether (sulfide) groups is 1. The van der Waals surface area contributed by atoms with Gasteiger partial charge in [-0.1, -0.05) is 0 Å². The van der Waals surface area contributed by atoms with E-state index in [1.165, 1.54) is 11.8 Å². The van der Waals surface area contributed by atoms with Crippen LogP contribution in [0.25, 0.3) is 0 Å². The Hall–Kier alpha value is -0.180. The average molecular weight is 89.1 g/mol. The zero-order valence-corrected chi connectivity index (χ0v) is 3.34. The first-order valence-corrected chi connectivity index (χ1v) is 2.29. The lowest BCUT2D eigenvalue weighted by Crippen LogP contribution is -2.29. The lowest BCUT2D eigenvalue weighted by atomic mass is 11.2. The second kappa shape index (κ2) is 0.897. The highest BCUT2D eigenvalue weighted by molar-refractivity contribution is 8.15. The van der Waals surface area contributed by atoms with Gasteiger partial charge in [0.25, 0.3) is 5.24 Å². The zero-order valence-electron chi connectivity index (χ0n) is 2.52. The van der Waals surface area contributed by atoms with Gasteiger partial charge in [0.1, 0.15) is 0 Å². The Morgan fingerprint density at radius 1 is 2.00 bits per heavy atom. The van der Waals surface area contributed by atoms with Gasteiger partial charge in [0.05, 0.1) is 5.88 Å². The van der Waals surface area contributed by atoms with E-state index in [4.69, 9.17) is 0 Å². The second-order valence-electron chi connectivity index (χ2n) is 0.753. The number of rotatable bonds is 0. The molecule has 0 atom stereocenters. The average Bonchev–Trinajstić information content (AvgIpc) is 1.30. The van der Waals surface area contributed by atoms with E-state index in [-0.39, 0.29) is 5.24 Å². The van der Waals surface area contributed by atoms with Crippen molar-refractivity contribution >= 4 is 17.0 Å². The van der Waals surface area contributed by atoms with Crippen molar-refractivity contribution < 1.29 is 4.79 Å². The fourth-order valence-corrected chi connectivity index (χ4v) is 0.393. The molecule has 0 aromatic heterocycles. The molecule has 3 heteroatoms. The van der Waals surface area contributed by atoms with Crippen LogP contribution in [0.3, 0.4) is 0 Å². The van der Waals surface area contributed by atoms with Gasteiger partial charge in [0, 0.05) is 0 Å². The predicted octanol–water partition coefficient (Wildman–Crippen LogP) is 0.400. The van der Waals surface area contributed by atoms with Gasteiger partial charge in [0.2, 0.25) is 0 Å². The third-order valence-corrected chi connectivity index (χ3v) is 1.11. The summed E-state index contributed by atoms with van der Waals surface area (Å²) >= 11 is 1.31. The van der Waals surface area contributed by atoms with Crippen LogP contribution in [0.4, 0.5) is 4.79 Å². The minimum atomic E-state index is 0.102. The predicted molar refractivity (Wildman–Crippen MR) is 21.0 cm³/mol. The molecular weight excluding hydrogens is 86.1 g/mol. The fraction of sp³-hybridized carbons (Fsp3) is 0.500. The highest BCUT2D eigenvalue weighted by Crippen LogP contribution is 2.06. The van der Waals surface area contributed by atoms with E-state index < -0.39 is 0 Å². The molecule has 0 spiro atoms. The van der Waals surface area contributed by atoms with Crippen molar-refractivity contribution in [3.8, 4) is 0 Å². The Balaban J connectivity index is 2.32. The van der Waals surface area contributed by atoms with Crippen molar-refractivity contribution in [3.63, 3.8) is 0 Å². The topological polar surface area (TPSA) is 29.1 Å². The van der Waals surface area contributed by atoms with Gasteiger partial charge in [-0.3, -0.25) is 4.79 Å². The first kappa shape index (κ1) is 3.03. The SMILES string of the molecule is O=C1NCS1. The Morgan fingerprint density at radius 2 is 2.40 bits per heavy atom. The third-order valence-electron chi connectivity index (χ3n) is 0.420. The summed E-state index contributed by atoms with van der Waals surface area (Å²) in [7, 11) is 0. The van der Waals surface area contributed by atoms with E-state index in [9.17, 15) is 4.79 Å². The van der Waals surface area contributed by atoms with Crippen molar-refractivity contribution in [2.75, 3.05) is 5.88 Å².